The molecule has 2 rings (SSSR count). The summed E-state index contributed by atoms with van der Waals surface area (Å²) in [4.78, 5) is 24.7. The molecular weight excluding hydrogens is 390 g/mol. The average Bonchev–Trinajstić information content (AvgIpc) is 2.63. The second-order valence-electron chi connectivity index (χ2n) is 7.58. The topological polar surface area (TPSA) is 104 Å². The Morgan fingerprint density at radius 3 is 2.17 bits per heavy atom. The minimum Gasteiger partial charge on any atom is -0.354 e. The Kier molecular flexibility index (Phi) is 7.75. The minimum absolute atomic E-state index is 0.0298. The van der Waals surface area contributed by atoms with E-state index in [2.05, 4.69) is 15.4 Å². The van der Waals surface area contributed by atoms with E-state index in [9.17, 15) is 18.0 Å². The van der Waals surface area contributed by atoms with Crippen LogP contribution in [0.25, 0.3) is 10.8 Å². The van der Waals surface area contributed by atoms with Gasteiger partial charge in [-0.3, -0.25) is 9.59 Å². The van der Waals surface area contributed by atoms with E-state index in [4.69, 9.17) is 0 Å². The van der Waals surface area contributed by atoms with Gasteiger partial charge >= 0.3 is 0 Å². The van der Waals surface area contributed by atoms with Gasteiger partial charge < -0.3 is 10.6 Å². The summed E-state index contributed by atoms with van der Waals surface area (Å²) in [5, 5.41) is 6.83. The molecule has 7 nitrogen and oxygen atoms in total. The summed E-state index contributed by atoms with van der Waals surface area (Å²) in [5.74, 6) is -0.687. The van der Waals surface area contributed by atoms with Gasteiger partial charge in [0.25, 0.3) is 0 Å². The van der Waals surface area contributed by atoms with Crippen LogP contribution in [0.5, 0.6) is 0 Å². The summed E-state index contributed by atoms with van der Waals surface area (Å²) in [6, 6.07) is 10.9. The summed E-state index contributed by atoms with van der Waals surface area (Å²) < 4.78 is 28.7. The SMILES string of the molecule is CC(C)NC(=O)CCC(NS(=O)(=O)c1cccc2ccccc12)C(=O)NC(C)C. The van der Waals surface area contributed by atoms with E-state index >= 15 is 0 Å². The minimum atomic E-state index is -3.98. The van der Waals surface area contributed by atoms with Gasteiger partial charge in [0.2, 0.25) is 21.8 Å². The Hall–Kier alpha value is -2.45. The summed E-state index contributed by atoms with van der Waals surface area (Å²) in [6.07, 6.45) is 0.0908. The molecule has 0 heterocycles. The highest BCUT2D eigenvalue weighted by atomic mass is 32.2. The zero-order chi connectivity index (χ0) is 21.6. The van der Waals surface area contributed by atoms with Crippen molar-refractivity contribution in [3.05, 3.63) is 42.5 Å². The highest BCUT2D eigenvalue weighted by Crippen LogP contribution is 2.23. The Morgan fingerprint density at radius 2 is 1.52 bits per heavy atom. The predicted molar refractivity (Wildman–Crippen MR) is 114 cm³/mol. The van der Waals surface area contributed by atoms with Crippen LogP contribution in [0.1, 0.15) is 40.5 Å². The van der Waals surface area contributed by atoms with Crippen molar-refractivity contribution < 1.29 is 18.0 Å². The molecule has 3 N–H and O–H groups in total. The van der Waals surface area contributed by atoms with E-state index in [0.29, 0.717) is 5.39 Å². The van der Waals surface area contributed by atoms with E-state index in [-0.39, 0.29) is 35.7 Å². The number of amides is 2. The fourth-order valence-electron chi connectivity index (χ4n) is 2.98. The molecule has 158 valence electrons. The molecule has 0 saturated carbocycles. The number of benzene rings is 2. The lowest BCUT2D eigenvalue weighted by molar-refractivity contribution is -0.124. The zero-order valence-corrected chi connectivity index (χ0v) is 18.0. The lowest BCUT2D eigenvalue weighted by Crippen LogP contribution is -2.49. The molecule has 0 aliphatic rings. The lowest BCUT2D eigenvalue weighted by Gasteiger charge is -2.20. The fourth-order valence-corrected chi connectivity index (χ4v) is 4.44. The molecule has 2 aromatic carbocycles. The normalized spacial score (nSPS) is 12.9. The highest BCUT2D eigenvalue weighted by Gasteiger charge is 2.27. The second-order valence-corrected chi connectivity index (χ2v) is 9.26. The molecule has 2 aromatic rings. The molecule has 0 radical (unpaired) electrons. The number of nitrogens with one attached hydrogen (secondary N) is 3. The van der Waals surface area contributed by atoms with Gasteiger partial charge in [0.1, 0.15) is 6.04 Å². The van der Waals surface area contributed by atoms with Crippen molar-refractivity contribution in [2.24, 2.45) is 0 Å². The van der Waals surface area contributed by atoms with Crippen LogP contribution in [0.4, 0.5) is 0 Å². The number of carbonyl (C=O) groups is 2. The third-order valence-corrected chi connectivity index (χ3v) is 5.72. The summed E-state index contributed by atoms with van der Waals surface area (Å²) >= 11 is 0. The molecule has 2 amide bonds. The number of carbonyl (C=O) groups excluding carboxylic acids is 2. The molecule has 29 heavy (non-hydrogen) atoms. The van der Waals surface area contributed by atoms with Gasteiger partial charge in [-0.1, -0.05) is 36.4 Å². The van der Waals surface area contributed by atoms with Crippen LogP contribution in [0.3, 0.4) is 0 Å². The third-order valence-electron chi connectivity index (χ3n) is 4.19. The van der Waals surface area contributed by atoms with Crippen molar-refractivity contribution in [1.82, 2.24) is 15.4 Å². The second kappa shape index (κ2) is 9.84. The van der Waals surface area contributed by atoms with E-state index in [0.717, 1.165) is 5.39 Å². The molecule has 0 fully saturated rings. The van der Waals surface area contributed by atoms with Crippen LogP contribution in [0, 0.1) is 0 Å². The fraction of sp³-hybridized carbons (Fsp3) is 0.429. The van der Waals surface area contributed by atoms with Crippen molar-refractivity contribution in [2.75, 3.05) is 0 Å². The number of hydrogen-bond acceptors (Lipinski definition) is 4. The first-order valence-corrected chi connectivity index (χ1v) is 11.2. The van der Waals surface area contributed by atoms with E-state index in [1.807, 2.05) is 32.0 Å². The molecule has 0 spiro atoms. The van der Waals surface area contributed by atoms with Gasteiger partial charge in [-0.15, -0.1) is 0 Å². The van der Waals surface area contributed by atoms with Gasteiger partial charge in [0.15, 0.2) is 0 Å². The number of hydrogen-bond donors (Lipinski definition) is 3. The highest BCUT2D eigenvalue weighted by molar-refractivity contribution is 7.89. The quantitative estimate of drug-likeness (QED) is 0.580. The smallest absolute Gasteiger partial charge is 0.241 e. The van der Waals surface area contributed by atoms with Crippen LogP contribution in [-0.2, 0) is 19.6 Å². The molecule has 0 aliphatic carbocycles. The van der Waals surface area contributed by atoms with Crippen LogP contribution >= 0.6 is 0 Å². The van der Waals surface area contributed by atoms with E-state index < -0.39 is 22.0 Å². The standard InChI is InChI=1S/C21H29N3O4S/c1-14(2)22-20(25)13-12-18(21(26)23-15(3)4)24-29(27,28)19-11-7-9-16-8-5-6-10-17(16)19/h5-11,14-15,18,24H,12-13H2,1-4H3,(H,22,25)(H,23,26). The molecule has 8 heteroatoms. The van der Waals surface area contributed by atoms with Gasteiger partial charge in [-0.05, 0) is 45.6 Å². The van der Waals surface area contributed by atoms with Crippen LogP contribution in [-0.4, -0.2) is 38.4 Å². The monoisotopic (exact) mass is 419 g/mol. The lowest BCUT2D eigenvalue weighted by atomic mass is 10.1. The maximum Gasteiger partial charge on any atom is 0.241 e. The first-order valence-electron chi connectivity index (χ1n) is 9.70. The van der Waals surface area contributed by atoms with E-state index in [1.54, 1.807) is 32.0 Å². The molecule has 0 bridgehead atoms. The Balaban J connectivity index is 2.27. The van der Waals surface area contributed by atoms with Gasteiger partial charge in [-0.25, -0.2) is 8.42 Å². The summed E-state index contributed by atoms with van der Waals surface area (Å²) in [5.41, 5.74) is 0. The first kappa shape index (κ1) is 22.8. The van der Waals surface area contributed by atoms with Crippen LogP contribution in [0.2, 0.25) is 0 Å². The average molecular weight is 420 g/mol. The largest absolute Gasteiger partial charge is 0.354 e. The number of sulfonamides is 1. The summed E-state index contributed by atoms with van der Waals surface area (Å²) in [7, 11) is -3.98. The van der Waals surface area contributed by atoms with Gasteiger partial charge in [-0.2, -0.15) is 4.72 Å². The van der Waals surface area contributed by atoms with Crippen molar-refractivity contribution in [2.45, 2.75) is 63.6 Å². The third kappa shape index (κ3) is 6.54. The molecule has 1 unspecified atom stereocenters. The van der Waals surface area contributed by atoms with Crippen molar-refractivity contribution in [3.63, 3.8) is 0 Å². The Labute approximate surface area is 172 Å². The van der Waals surface area contributed by atoms with Crippen molar-refractivity contribution >= 4 is 32.6 Å². The molecule has 0 aromatic heterocycles. The van der Waals surface area contributed by atoms with Crippen molar-refractivity contribution in [1.29, 1.82) is 0 Å². The van der Waals surface area contributed by atoms with Crippen LogP contribution < -0.4 is 15.4 Å². The summed E-state index contributed by atoms with van der Waals surface area (Å²) in [6.45, 7) is 7.26. The van der Waals surface area contributed by atoms with Gasteiger partial charge in [0, 0.05) is 23.9 Å². The zero-order valence-electron chi connectivity index (χ0n) is 17.2. The Bertz CT molecular complexity index is 966. The van der Waals surface area contributed by atoms with E-state index in [1.165, 1.54) is 6.07 Å². The molecule has 1 atom stereocenters. The molecular formula is C21H29N3O4S. The first-order chi connectivity index (χ1) is 13.6. The molecule has 0 aliphatic heterocycles. The maximum atomic E-state index is 13.1. The maximum absolute atomic E-state index is 13.1. The predicted octanol–water partition coefficient (Wildman–Crippen LogP) is 2.32. The molecule has 0 saturated heterocycles. The van der Waals surface area contributed by atoms with Gasteiger partial charge in [0.05, 0.1) is 4.90 Å². The number of rotatable bonds is 9. The van der Waals surface area contributed by atoms with Crippen LogP contribution in [0.15, 0.2) is 47.4 Å². The Morgan fingerprint density at radius 1 is 0.897 bits per heavy atom. The van der Waals surface area contributed by atoms with Crippen molar-refractivity contribution in [3.8, 4) is 0 Å². The number of fused-ring (bicyclic) bond motifs is 1.